The molecule has 0 bridgehead atoms. The van der Waals surface area contributed by atoms with E-state index in [0.717, 1.165) is 0 Å². The standard InChI is InChI=1S/C10H20N2O3.CH3N/c1-10(2,3)15-9(14)12-5-4-8(13)7(11)6-12;1-2/h7-8,13H,4-6,11H2,1-3H3;2H,1H2/p+1. The number of nitrogens with zero attached hydrogens (tertiary/aromatic N) is 1. The minimum absolute atomic E-state index is 0.357. The van der Waals surface area contributed by atoms with Gasteiger partial charge in [0.05, 0.1) is 6.10 Å². The molecule has 6 heteroatoms. The van der Waals surface area contributed by atoms with Crippen molar-refractivity contribution in [1.82, 2.24) is 4.90 Å². The highest BCUT2D eigenvalue weighted by Crippen LogP contribution is 2.14. The summed E-state index contributed by atoms with van der Waals surface area (Å²) in [6, 6.07) is -0.369. The van der Waals surface area contributed by atoms with Crippen LogP contribution in [-0.4, -0.2) is 53.7 Å². The molecule has 1 saturated heterocycles. The fourth-order valence-corrected chi connectivity index (χ4v) is 1.46. The molecule has 0 spiro atoms. The number of piperidine rings is 1. The molecule has 0 radical (unpaired) electrons. The molecule has 1 aliphatic rings. The molecule has 1 heterocycles. The predicted octanol–water partition coefficient (Wildman–Crippen LogP) is -1.24. The van der Waals surface area contributed by atoms with Gasteiger partial charge in [-0.25, -0.2) is 4.79 Å². The zero-order valence-electron chi connectivity index (χ0n) is 10.8. The molecule has 6 nitrogen and oxygen atoms in total. The molecule has 0 aromatic carbocycles. The van der Waals surface area contributed by atoms with Crippen LogP contribution in [0.1, 0.15) is 27.2 Å². The molecule has 0 aromatic heterocycles. The second-order valence-electron chi connectivity index (χ2n) is 4.95. The van der Waals surface area contributed by atoms with Crippen molar-refractivity contribution in [2.75, 3.05) is 13.1 Å². The van der Waals surface area contributed by atoms with Gasteiger partial charge in [0, 0.05) is 19.1 Å². The minimum atomic E-state index is -0.510. The number of rotatable bonds is 0. The Labute approximate surface area is 102 Å². The normalized spacial score (nSPS) is 24.6. The number of nitrogens with two attached hydrogens (primary N) is 2. The van der Waals surface area contributed by atoms with Gasteiger partial charge in [-0.05, 0) is 27.2 Å². The average Bonchev–Trinajstić information content (AvgIpc) is 2.22. The number of carbonyl (C=O) groups is 1. The van der Waals surface area contributed by atoms with Gasteiger partial charge in [-0.1, -0.05) is 0 Å². The molecule has 0 aliphatic carbocycles. The van der Waals surface area contributed by atoms with Gasteiger partial charge in [0.1, 0.15) is 12.3 Å². The highest BCUT2D eigenvalue weighted by molar-refractivity contribution is 5.68. The first-order valence-corrected chi connectivity index (χ1v) is 5.62. The molecule has 100 valence electrons. The van der Waals surface area contributed by atoms with Crippen molar-refractivity contribution in [1.29, 1.82) is 0 Å². The summed E-state index contributed by atoms with van der Waals surface area (Å²) in [6.07, 6.45) is -0.353. The molecular weight excluding hydrogens is 222 g/mol. The van der Waals surface area contributed by atoms with Gasteiger partial charge >= 0.3 is 6.09 Å². The van der Waals surface area contributed by atoms with Crippen LogP contribution in [0.3, 0.4) is 0 Å². The van der Waals surface area contributed by atoms with Gasteiger partial charge in [0.25, 0.3) is 0 Å². The van der Waals surface area contributed by atoms with Crippen LogP contribution in [0.4, 0.5) is 4.79 Å². The topological polar surface area (TPSA) is 101 Å². The Kier molecular flexibility index (Phi) is 6.12. The summed E-state index contributed by atoms with van der Waals surface area (Å²) in [6.45, 7) is 9.08. The van der Waals surface area contributed by atoms with Crippen molar-refractivity contribution in [2.45, 2.75) is 44.9 Å². The monoisotopic (exact) mass is 246 g/mol. The Balaban J connectivity index is 0.00000121. The maximum Gasteiger partial charge on any atom is 0.410 e. The summed E-state index contributed by atoms with van der Waals surface area (Å²) in [4.78, 5) is 13.2. The van der Waals surface area contributed by atoms with Crippen LogP contribution in [0.5, 0.6) is 0 Å². The molecule has 1 amide bonds. The fourth-order valence-electron chi connectivity index (χ4n) is 1.46. The smallest absolute Gasteiger partial charge is 0.410 e. The Morgan fingerprint density at radius 1 is 1.53 bits per heavy atom. The molecule has 1 aliphatic heterocycles. The van der Waals surface area contributed by atoms with Crippen LogP contribution in [0.15, 0.2) is 0 Å². The van der Waals surface area contributed by atoms with E-state index in [2.05, 4.69) is 12.1 Å². The van der Waals surface area contributed by atoms with Gasteiger partial charge in [-0.15, -0.1) is 0 Å². The van der Waals surface area contributed by atoms with Crippen molar-refractivity contribution in [3.8, 4) is 0 Å². The Bertz CT molecular complexity index is 253. The first-order valence-electron chi connectivity index (χ1n) is 5.62. The van der Waals surface area contributed by atoms with E-state index in [1.165, 1.54) is 0 Å². The van der Waals surface area contributed by atoms with E-state index in [9.17, 15) is 9.90 Å². The zero-order valence-corrected chi connectivity index (χ0v) is 10.8. The molecule has 1 rings (SSSR count). The van der Waals surface area contributed by atoms with Gasteiger partial charge in [0.15, 0.2) is 0 Å². The van der Waals surface area contributed by atoms with Crippen LogP contribution in [-0.2, 0) is 4.74 Å². The first kappa shape index (κ1) is 15.9. The van der Waals surface area contributed by atoms with Gasteiger partial charge in [-0.2, -0.15) is 0 Å². The summed E-state index contributed by atoms with van der Waals surface area (Å²) in [5, 5.41) is 13.7. The maximum absolute atomic E-state index is 11.6. The minimum Gasteiger partial charge on any atom is -0.444 e. The lowest BCUT2D eigenvalue weighted by Gasteiger charge is -2.35. The van der Waals surface area contributed by atoms with E-state index >= 15 is 0 Å². The summed E-state index contributed by atoms with van der Waals surface area (Å²) < 4.78 is 5.21. The summed E-state index contributed by atoms with van der Waals surface area (Å²) in [7, 11) is 0. The zero-order chi connectivity index (χ0) is 13.6. The molecule has 0 aromatic rings. The number of hydrogen-bond donors (Lipinski definition) is 3. The van der Waals surface area contributed by atoms with Gasteiger partial charge in [-0.3, -0.25) is 5.41 Å². The van der Waals surface area contributed by atoms with Gasteiger partial charge < -0.3 is 20.5 Å². The fraction of sp³-hybridized carbons (Fsp3) is 0.818. The number of aliphatic hydroxyl groups is 1. The number of carbonyl (C=O) groups excluding carboxylic acids is 1. The van der Waals surface area contributed by atoms with E-state index in [-0.39, 0.29) is 12.1 Å². The van der Waals surface area contributed by atoms with E-state index in [1.54, 1.807) is 4.90 Å². The number of ether oxygens (including phenoxy) is 1. The third kappa shape index (κ3) is 5.65. The van der Waals surface area contributed by atoms with Gasteiger partial charge in [0.2, 0.25) is 0 Å². The average molecular weight is 246 g/mol. The SMILES string of the molecule is C=[NH2+].CC(C)(C)OC(=O)N1CCC(O)C(N)C1. The Morgan fingerprint density at radius 3 is 2.47 bits per heavy atom. The lowest BCUT2D eigenvalue weighted by atomic mass is 10.0. The van der Waals surface area contributed by atoms with Crippen molar-refractivity contribution >= 4 is 12.8 Å². The first-order chi connectivity index (χ1) is 7.79. The third-order valence-corrected chi connectivity index (χ3v) is 2.27. The molecule has 17 heavy (non-hydrogen) atoms. The van der Waals surface area contributed by atoms with Crippen LogP contribution >= 0.6 is 0 Å². The maximum atomic E-state index is 11.6. The van der Waals surface area contributed by atoms with Crippen molar-refractivity contribution in [2.24, 2.45) is 5.73 Å². The van der Waals surface area contributed by atoms with Crippen molar-refractivity contribution in [3.05, 3.63) is 0 Å². The second-order valence-corrected chi connectivity index (χ2v) is 4.95. The molecule has 1 fully saturated rings. The molecule has 5 N–H and O–H groups in total. The lowest BCUT2D eigenvalue weighted by molar-refractivity contribution is -0.0980. The van der Waals surface area contributed by atoms with E-state index in [4.69, 9.17) is 10.5 Å². The third-order valence-electron chi connectivity index (χ3n) is 2.27. The largest absolute Gasteiger partial charge is 0.444 e. The Hall–Kier alpha value is -1.14. The number of aliphatic hydroxyl groups excluding tert-OH is 1. The molecular formula is C11H24N3O3+. The highest BCUT2D eigenvalue weighted by atomic mass is 16.6. The number of hydrogen-bond acceptors (Lipinski definition) is 4. The molecule has 0 saturated carbocycles. The number of amides is 1. The van der Waals surface area contributed by atoms with Crippen LogP contribution in [0.2, 0.25) is 0 Å². The summed E-state index contributed by atoms with van der Waals surface area (Å²) >= 11 is 0. The molecule has 2 atom stereocenters. The molecule has 2 unspecified atom stereocenters. The van der Waals surface area contributed by atoms with E-state index < -0.39 is 11.7 Å². The van der Waals surface area contributed by atoms with E-state index in [1.807, 2.05) is 20.8 Å². The Morgan fingerprint density at radius 2 is 2.06 bits per heavy atom. The van der Waals surface area contributed by atoms with E-state index in [0.29, 0.717) is 19.5 Å². The van der Waals surface area contributed by atoms with Crippen molar-refractivity contribution < 1.29 is 20.0 Å². The second kappa shape index (κ2) is 6.56. The van der Waals surface area contributed by atoms with Crippen LogP contribution in [0, 0.1) is 0 Å². The number of likely N-dealkylation sites (tertiary alicyclic amines) is 1. The quantitative estimate of drug-likeness (QED) is 0.465. The lowest BCUT2D eigenvalue weighted by Crippen LogP contribution is -2.53. The van der Waals surface area contributed by atoms with Crippen LogP contribution in [0.25, 0.3) is 0 Å². The summed E-state index contributed by atoms with van der Waals surface area (Å²) in [5.41, 5.74) is 5.18. The van der Waals surface area contributed by atoms with Crippen molar-refractivity contribution in [3.63, 3.8) is 0 Å². The highest BCUT2D eigenvalue weighted by Gasteiger charge is 2.30. The predicted molar refractivity (Wildman–Crippen MR) is 65.5 cm³/mol. The summed E-state index contributed by atoms with van der Waals surface area (Å²) in [5.74, 6) is 0. The van der Waals surface area contributed by atoms with Crippen LogP contribution < -0.4 is 11.1 Å².